The molecule has 0 saturated carbocycles. The summed E-state index contributed by atoms with van der Waals surface area (Å²) in [6.07, 6.45) is 7.18. The van der Waals surface area contributed by atoms with Crippen molar-refractivity contribution < 1.29 is 9.47 Å². The predicted octanol–water partition coefficient (Wildman–Crippen LogP) is 3.28. The smallest absolute Gasteiger partial charge is 0.191 e. The van der Waals surface area contributed by atoms with Crippen LogP contribution in [-0.4, -0.2) is 63.6 Å². The number of nitrogens with one attached hydrogen (secondary N) is 3. The van der Waals surface area contributed by atoms with Gasteiger partial charge in [0.25, 0.3) is 0 Å². The predicted molar refractivity (Wildman–Crippen MR) is 130 cm³/mol. The molecular weight excluding hydrogens is 481 g/mol. The van der Waals surface area contributed by atoms with Crippen molar-refractivity contribution in [3.63, 3.8) is 0 Å². The Labute approximate surface area is 192 Å². The van der Waals surface area contributed by atoms with E-state index in [1.54, 1.807) is 6.20 Å². The van der Waals surface area contributed by atoms with Crippen molar-refractivity contribution in [2.75, 3.05) is 57.9 Å². The molecule has 0 atom stereocenters. The van der Waals surface area contributed by atoms with Crippen molar-refractivity contribution in [3.8, 4) is 0 Å². The number of hydrogen-bond donors (Lipinski definition) is 3. The number of aromatic nitrogens is 1. The fourth-order valence-electron chi connectivity index (χ4n) is 3.00. The molecule has 1 aromatic heterocycles. The first-order valence-corrected chi connectivity index (χ1v) is 10.7. The highest BCUT2D eigenvalue weighted by Gasteiger charge is 2.13. The SMILES string of the molecule is CCNC(=NCCCOCC1CCOCC1)NCCCCNc1ccccn1.I. The minimum atomic E-state index is 0. The third kappa shape index (κ3) is 12.9. The van der Waals surface area contributed by atoms with Crippen molar-refractivity contribution >= 4 is 35.8 Å². The van der Waals surface area contributed by atoms with Crippen LogP contribution in [0.5, 0.6) is 0 Å². The number of unbranched alkanes of at least 4 members (excludes halogenated alkanes) is 1. The van der Waals surface area contributed by atoms with Crippen LogP contribution < -0.4 is 16.0 Å². The van der Waals surface area contributed by atoms with Gasteiger partial charge in [-0.25, -0.2) is 4.98 Å². The summed E-state index contributed by atoms with van der Waals surface area (Å²) in [5, 5.41) is 10.0. The van der Waals surface area contributed by atoms with E-state index in [0.29, 0.717) is 5.92 Å². The van der Waals surface area contributed by atoms with Gasteiger partial charge in [0, 0.05) is 58.8 Å². The number of guanidine groups is 1. The molecule has 3 N–H and O–H groups in total. The van der Waals surface area contributed by atoms with E-state index in [0.717, 1.165) is 96.5 Å². The molecule has 1 fully saturated rings. The molecule has 0 unspecified atom stereocenters. The molecule has 2 heterocycles. The molecule has 1 aromatic rings. The van der Waals surface area contributed by atoms with Gasteiger partial charge in [-0.05, 0) is 57.1 Å². The second-order valence-electron chi connectivity index (χ2n) is 7.02. The van der Waals surface area contributed by atoms with Gasteiger partial charge in [0.2, 0.25) is 0 Å². The van der Waals surface area contributed by atoms with Gasteiger partial charge in [0.05, 0.1) is 0 Å². The molecule has 0 amide bonds. The van der Waals surface area contributed by atoms with E-state index in [1.165, 1.54) is 0 Å². The summed E-state index contributed by atoms with van der Waals surface area (Å²) in [7, 11) is 0. The summed E-state index contributed by atoms with van der Waals surface area (Å²) in [6.45, 7) is 8.98. The lowest BCUT2D eigenvalue weighted by Crippen LogP contribution is -2.38. The summed E-state index contributed by atoms with van der Waals surface area (Å²) >= 11 is 0. The average molecular weight is 519 g/mol. The molecule has 2 rings (SSSR count). The van der Waals surface area contributed by atoms with Crippen molar-refractivity contribution in [3.05, 3.63) is 24.4 Å². The van der Waals surface area contributed by atoms with Crippen molar-refractivity contribution in [2.24, 2.45) is 10.9 Å². The summed E-state index contributed by atoms with van der Waals surface area (Å²) in [5.41, 5.74) is 0. The first-order valence-electron chi connectivity index (χ1n) is 10.7. The molecule has 1 saturated heterocycles. The molecule has 0 bridgehead atoms. The van der Waals surface area contributed by atoms with Gasteiger partial charge < -0.3 is 25.4 Å². The lowest BCUT2D eigenvalue weighted by atomic mass is 10.0. The van der Waals surface area contributed by atoms with Crippen LogP contribution in [0.2, 0.25) is 0 Å². The van der Waals surface area contributed by atoms with E-state index in [-0.39, 0.29) is 24.0 Å². The molecule has 0 aromatic carbocycles. The lowest BCUT2D eigenvalue weighted by Gasteiger charge is -2.21. The van der Waals surface area contributed by atoms with Gasteiger partial charge >= 0.3 is 0 Å². The molecular formula is C21H38IN5O2. The maximum Gasteiger partial charge on any atom is 0.191 e. The van der Waals surface area contributed by atoms with Crippen molar-refractivity contribution in [2.45, 2.75) is 39.0 Å². The van der Waals surface area contributed by atoms with Crippen LogP contribution in [0.1, 0.15) is 39.0 Å². The van der Waals surface area contributed by atoms with Gasteiger partial charge in [-0.2, -0.15) is 0 Å². The summed E-state index contributed by atoms with van der Waals surface area (Å²) in [5.74, 6) is 2.50. The standard InChI is InChI=1S/C21H37N5O2.HI/c1-2-22-21(25-13-6-5-12-24-20-8-3-4-11-23-20)26-14-7-15-28-18-19-9-16-27-17-10-19;/h3-4,8,11,19H,2,5-7,9-10,12-18H2,1H3,(H,23,24)(H2,22,25,26);1H. The van der Waals surface area contributed by atoms with Crippen LogP contribution in [0.3, 0.4) is 0 Å². The van der Waals surface area contributed by atoms with Crippen LogP contribution in [0.4, 0.5) is 5.82 Å². The van der Waals surface area contributed by atoms with Crippen LogP contribution in [0.25, 0.3) is 0 Å². The highest BCUT2D eigenvalue weighted by atomic mass is 127. The normalized spacial score (nSPS) is 14.9. The molecule has 0 spiro atoms. The monoisotopic (exact) mass is 519 g/mol. The second-order valence-corrected chi connectivity index (χ2v) is 7.02. The Morgan fingerprint density at radius 2 is 2.00 bits per heavy atom. The topological polar surface area (TPSA) is 79.8 Å². The Bertz CT molecular complexity index is 527. The number of aliphatic imine (C=N–C) groups is 1. The zero-order chi connectivity index (χ0) is 19.7. The average Bonchev–Trinajstić information content (AvgIpc) is 2.74. The van der Waals surface area contributed by atoms with E-state index in [1.807, 2.05) is 18.2 Å². The van der Waals surface area contributed by atoms with E-state index in [2.05, 4.69) is 32.9 Å². The van der Waals surface area contributed by atoms with Gasteiger partial charge in [0.15, 0.2) is 5.96 Å². The summed E-state index contributed by atoms with van der Waals surface area (Å²) in [6, 6.07) is 5.91. The minimum Gasteiger partial charge on any atom is -0.381 e. The van der Waals surface area contributed by atoms with Crippen LogP contribution in [0.15, 0.2) is 29.4 Å². The molecule has 1 aliphatic heterocycles. The first-order chi connectivity index (χ1) is 13.9. The Hall–Kier alpha value is -1.13. The highest BCUT2D eigenvalue weighted by Crippen LogP contribution is 2.14. The molecule has 8 heteroatoms. The number of anilines is 1. The molecule has 0 aliphatic carbocycles. The van der Waals surface area contributed by atoms with Crippen LogP contribution >= 0.6 is 24.0 Å². The van der Waals surface area contributed by atoms with E-state index in [9.17, 15) is 0 Å². The first kappa shape index (κ1) is 25.9. The van der Waals surface area contributed by atoms with Gasteiger partial charge in [-0.3, -0.25) is 4.99 Å². The molecule has 0 radical (unpaired) electrons. The van der Waals surface area contributed by atoms with Crippen LogP contribution in [0, 0.1) is 5.92 Å². The quantitative estimate of drug-likeness (QED) is 0.161. The lowest BCUT2D eigenvalue weighted by molar-refractivity contribution is 0.0205. The van der Waals surface area contributed by atoms with E-state index < -0.39 is 0 Å². The van der Waals surface area contributed by atoms with E-state index >= 15 is 0 Å². The molecule has 29 heavy (non-hydrogen) atoms. The fourth-order valence-corrected chi connectivity index (χ4v) is 3.00. The van der Waals surface area contributed by atoms with Crippen molar-refractivity contribution in [1.29, 1.82) is 0 Å². The number of nitrogens with zero attached hydrogens (tertiary/aromatic N) is 2. The number of pyridine rings is 1. The fraction of sp³-hybridized carbons (Fsp3) is 0.714. The second kappa shape index (κ2) is 17.7. The van der Waals surface area contributed by atoms with Gasteiger partial charge in [-0.1, -0.05) is 6.07 Å². The number of halogens is 1. The van der Waals surface area contributed by atoms with Crippen molar-refractivity contribution in [1.82, 2.24) is 15.6 Å². The molecule has 7 nitrogen and oxygen atoms in total. The maximum atomic E-state index is 5.80. The summed E-state index contributed by atoms with van der Waals surface area (Å²) < 4.78 is 11.2. The number of ether oxygens (including phenoxy) is 2. The third-order valence-corrected chi connectivity index (χ3v) is 4.62. The summed E-state index contributed by atoms with van der Waals surface area (Å²) in [4.78, 5) is 8.89. The van der Waals surface area contributed by atoms with E-state index in [4.69, 9.17) is 9.47 Å². The Morgan fingerprint density at radius 1 is 1.17 bits per heavy atom. The Balaban J connectivity index is 0.00000420. The molecule has 166 valence electrons. The zero-order valence-electron chi connectivity index (χ0n) is 17.7. The largest absolute Gasteiger partial charge is 0.381 e. The highest BCUT2D eigenvalue weighted by molar-refractivity contribution is 14.0. The third-order valence-electron chi connectivity index (χ3n) is 4.62. The Morgan fingerprint density at radius 3 is 2.76 bits per heavy atom. The maximum absolute atomic E-state index is 5.80. The van der Waals surface area contributed by atoms with Gasteiger partial charge in [0.1, 0.15) is 5.82 Å². The van der Waals surface area contributed by atoms with Crippen LogP contribution in [-0.2, 0) is 9.47 Å². The number of rotatable bonds is 13. The van der Waals surface area contributed by atoms with Gasteiger partial charge in [-0.15, -0.1) is 24.0 Å². The zero-order valence-corrected chi connectivity index (χ0v) is 20.0. The molecule has 1 aliphatic rings. The number of hydrogen-bond acceptors (Lipinski definition) is 5. The minimum absolute atomic E-state index is 0. The Kier molecular flexibility index (Phi) is 15.8.